The molecular weight excluding hydrogens is 156 g/mol. The van der Waals surface area contributed by atoms with Crippen molar-refractivity contribution in [3.05, 3.63) is 42.0 Å². The molecule has 0 aliphatic heterocycles. The van der Waals surface area contributed by atoms with Crippen LogP contribution in [0, 0.1) is 5.41 Å². The first kappa shape index (κ1) is 10.0. The van der Waals surface area contributed by atoms with Crippen LogP contribution in [0.5, 0.6) is 0 Å². The number of hydrogen-bond donors (Lipinski definition) is 0. The summed E-state index contributed by atoms with van der Waals surface area (Å²) in [6.45, 7) is 8.84. The molecule has 0 bridgehead atoms. The lowest BCUT2D eigenvalue weighted by atomic mass is 9.82. The van der Waals surface area contributed by atoms with Gasteiger partial charge >= 0.3 is 0 Å². The van der Waals surface area contributed by atoms with Gasteiger partial charge in [0, 0.05) is 0 Å². The van der Waals surface area contributed by atoms with Crippen molar-refractivity contribution in [2.75, 3.05) is 0 Å². The molecule has 13 heavy (non-hydrogen) atoms. The van der Waals surface area contributed by atoms with Crippen LogP contribution in [0.25, 0.3) is 5.57 Å². The summed E-state index contributed by atoms with van der Waals surface area (Å²) in [5, 5.41) is 0. The zero-order valence-electron chi connectivity index (χ0n) is 8.96. The van der Waals surface area contributed by atoms with Gasteiger partial charge in [-0.25, -0.2) is 0 Å². The fourth-order valence-corrected chi connectivity index (χ4v) is 1.65. The second kappa shape index (κ2) is 3.78. The molecule has 0 heteroatoms. The van der Waals surface area contributed by atoms with Gasteiger partial charge in [-0.05, 0) is 23.5 Å². The fourth-order valence-electron chi connectivity index (χ4n) is 1.65. The molecule has 0 N–H and O–H groups in total. The molecular formula is C13H18. The van der Waals surface area contributed by atoms with Crippen molar-refractivity contribution in [1.29, 1.82) is 0 Å². The summed E-state index contributed by atoms with van der Waals surface area (Å²) >= 11 is 0. The van der Waals surface area contributed by atoms with E-state index in [4.69, 9.17) is 0 Å². The number of allylic oxidation sites excluding steroid dienone is 2. The molecule has 0 saturated carbocycles. The third kappa shape index (κ3) is 2.45. The third-order valence-corrected chi connectivity index (χ3v) is 2.18. The molecule has 0 fully saturated rings. The van der Waals surface area contributed by atoms with Gasteiger partial charge in [0.2, 0.25) is 0 Å². The predicted octanol–water partition coefficient (Wildman–Crippen LogP) is 4.14. The maximum atomic E-state index is 2.25. The van der Waals surface area contributed by atoms with Crippen molar-refractivity contribution in [2.45, 2.75) is 27.7 Å². The minimum atomic E-state index is 0.232. The normalized spacial score (nSPS) is 13.1. The molecule has 1 aromatic carbocycles. The van der Waals surface area contributed by atoms with E-state index in [1.807, 2.05) is 0 Å². The van der Waals surface area contributed by atoms with Crippen LogP contribution in [-0.2, 0) is 0 Å². The summed E-state index contributed by atoms with van der Waals surface area (Å²) in [6, 6.07) is 10.6. The molecule has 0 unspecified atom stereocenters. The Labute approximate surface area is 81.3 Å². The minimum absolute atomic E-state index is 0.232. The first-order chi connectivity index (χ1) is 6.05. The van der Waals surface area contributed by atoms with Crippen molar-refractivity contribution < 1.29 is 0 Å². The molecule has 0 aliphatic carbocycles. The van der Waals surface area contributed by atoms with Crippen molar-refractivity contribution >= 4 is 5.57 Å². The second-order valence-corrected chi connectivity index (χ2v) is 4.32. The summed E-state index contributed by atoms with van der Waals surface area (Å²) in [7, 11) is 0. The molecule has 0 spiro atoms. The van der Waals surface area contributed by atoms with Gasteiger partial charge in [0.25, 0.3) is 0 Å². The summed E-state index contributed by atoms with van der Waals surface area (Å²) < 4.78 is 0. The van der Waals surface area contributed by atoms with E-state index in [0.29, 0.717) is 0 Å². The third-order valence-electron chi connectivity index (χ3n) is 2.18. The van der Waals surface area contributed by atoms with E-state index >= 15 is 0 Å². The van der Waals surface area contributed by atoms with E-state index in [1.165, 1.54) is 11.1 Å². The Bertz CT molecular complexity index is 286. The van der Waals surface area contributed by atoms with E-state index in [-0.39, 0.29) is 5.41 Å². The molecule has 0 saturated heterocycles. The van der Waals surface area contributed by atoms with Crippen molar-refractivity contribution in [3.8, 4) is 0 Å². The monoisotopic (exact) mass is 174 g/mol. The molecule has 0 aliphatic rings. The smallest absolute Gasteiger partial charge is 0.0129 e. The number of benzene rings is 1. The van der Waals surface area contributed by atoms with Crippen LogP contribution in [0.4, 0.5) is 0 Å². The highest BCUT2D eigenvalue weighted by atomic mass is 14.2. The van der Waals surface area contributed by atoms with E-state index in [2.05, 4.69) is 64.1 Å². The average Bonchev–Trinajstić information content (AvgIpc) is 2.05. The Morgan fingerprint density at radius 3 is 2.00 bits per heavy atom. The molecule has 0 atom stereocenters. The summed E-state index contributed by atoms with van der Waals surface area (Å²) in [4.78, 5) is 0. The van der Waals surface area contributed by atoms with Gasteiger partial charge in [0.1, 0.15) is 0 Å². The predicted molar refractivity (Wildman–Crippen MR) is 59.5 cm³/mol. The molecule has 1 rings (SSSR count). The van der Waals surface area contributed by atoms with Gasteiger partial charge in [-0.15, -0.1) is 0 Å². The molecule has 1 aromatic rings. The lowest BCUT2D eigenvalue weighted by Crippen LogP contribution is -2.07. The summed E-state index contributed by atoms with van der Waals surface area (Å²) in [5.74, 6) is 0. The van der Waals surface area contributed by atoms with Gasteiger partial charge in [-0.3, -0.25) is 0 Å². The van der Waals surface area contributed by atoms with Crippen LogP contribution in [0.1, 0.15) is 33.3 Å². The number of rotatable bonds is 1. The topological polar surface area (TPSA) is 0 Å². The summed E-state index contributed by atoms with van der Waals surface area (Å²) in [6.07, 6.45) is 2.20. The first-order valence-electron chi connectivity index (χ1n) is 4.78. The van der Waals surface area contributed by atoms with Crippen LogP contribution in [0.2, 0.25) is 0 Å². The van der Waals surface area contributed by atoms with E-state index in [0.717, 1.165) is 0 Å². The largest absolute Gasteiger partial charge is 0.0833 e. The van der Waals surface area contributed by atoms with E-state index in [1.54, 1.807) is 0 Å². The number of hydrogen-bond acceptors (Lipinski definition) is 0. The Morgan fingerprint density at radius 1 is 1.08 bits per heavy atom. The van der Waals surface area contributed by atoms with Gasteiger partial charge in [-0.1, -0.05) is 57.2 Å². The highest BCUT2D eigenvalue weighted by Crippen LogP contribution is 2.33. The minimum Gasteiger partial charge on any atom is -0.0833 e. The summed E-state index contributed by atoms with van der Waals surface area (Å²) in [5.41, 5.74) is 2.97. The SMILES string of the molecule is C/C=C(\c1ccccc1)C(C)(C)C. The molecule has 0 aromatic heterocycles. The quantitative estimate of drug-likeness (QED) is 0.600. The Balaban J connectivity index is 3.08. The molecule has 0 heterocycles. The molecule has 0 radical (unpaired) electrons. The van der Waals surface area contributed by atoms with E-state index < -0.39 is 0 Å². The van der Waals surface area contributed by atoms with Crippen LogP contribution in [-0.4, -0.2) is 0 Å². The fraction of sp³-hybridized carbons (Fsp3) is 0.385. The second-order valence-electron chi connectivity index (χ2n) is 4.32. The van der Waals surface area contributed by atoms with Crippen LogP contribution in [0.3, 0.4) is 0 Å². The zero-order chi connectivity index (χ0) is 9.90. The Kier molecular flexibility index (Phi) is 2.92. The molecule has 0 amide bonds. The standard InChI is InChI=1S/C13H18/c1-5-12(13(2,3)4)11-9-7-6-8-10-11/h5-10H,1-4H3/b12-5+. The average molecular weight is 174 g/mol. The maximum Gasteiger partial charge on any atom is -0.0129 e. The Morgan fingerprint density at radius 2 is 1.62 bits per heavy atom. The van der Waals surface area contributed by atoms with Crippen LogP contribution < -0.4 is 0 Å². The van der Waals surface area contributed by atoms with Crippen molar-refractivity contribution in [1.82, 2.24) is 0 Å². The highest BCUT2D eigenvalue weighted by Gasteiger charge is 2.16. The first-order valence-corrected chi connectivity index (χ1v) is 4.78. The van der Waals surface area contributed by atoms with Gasteiger partial charge in [0.15, 0.2) is 0 Å². The Hall–Kier alpha value is -1.04. The maximum absolute atomic E-state index is 2.25. The van der Waals surface area contributed by atoms with E-state index in [9.17, 15) is 0 Å². The molecule has 0 nitrogen and oxygen atoms in total. The van der Waals surface area contributed by atoms with Crippen LogP contribution >= 0.6 is 0 Å². The lowest BCUT2D eigenvalue weighted by Gasteiger charge is -2.23. The molecule has 70 valence electrons. The van der Waals surface area contributed by atoms with Crippen molar-refractivity contribution in [2.24, 2.45) is 5.41 Å². The van der Waals surface area contributed by atoms with Crippen LogP contribution in [0.15, 0.2) is 36.4 Å². The van der Waals surface area contributed by atoms with Gasteiger partial charge in [-0.2, -0.15) is 0 Å². The van der Waals surface area contributed by atoms with Gasteiger partial charge in [0.05, 0.1) is 0 Å². The van der Waals surface area contributed by atoms with Crippen molar-refractivity contribution in [3.63, 3.8) is 0 Å². The van der Waals surface area contributed by atoms with Gasteiger partial charge < -0.3 is 0 Å². The highest BCUT2D eigenvalue weighted by molar-refractivity contribution is 5.69. The lowest BCUT2D eigenvalue weighted by molar-refractivity contribution is 0.566. The zero-order valence-corrected chi connectivity index (χ0v) is 8.96.